The Balaban J connectivity index is 0.000000980. The fourth-order valence-corrected chi connectivity index (χ4v) is 1.60. The van der Waals surface area contributed by atoms with E-state index in [-0.39, 0.29) is 18.4 Å². The Kier molecular flexibility index (Phi) is 3.77. The van der Waals surface area contributed by atoms with Gasteiger partial charge in [-0.05, 0) is 19.4 Å². The van der Waals surface area contributed by atoms with Gasteiger partial charge in [-0.3, -0.25) is 4.98 Å². The van der Waals surface area contributed by atoms with Gasteiger partial charge in [0.05, 0.1) is 17.9 Å². The molecular weight excluding hydrogens is 210 g/mol. The number of nitrogens with zero attached hydrogens (tertiary/aromatic N) is 1. The summed E-state index contributed by atoms with van der Waals surface area (Å²) < 4.78 is 25.7. The second-order valence-electron chi connectivity index (χ2n) is 3.17. The molecule has 1 atom stereocenters. The van der Waals surface area contributed by atoms with Crippen LogP contribution in [0.3, 0.4) is 0 Å². The van der Waals surface area contributed by atoms with E-state index < -0.39 is 11.6 Å². The van der Waals surface area contributed by atoms with Crippen molar-refractivity contribution in [2.24, 2.45) is 0 Å². The van der Waals surface area contributed by atoms with Crippen LogP contribution in [0, 0.1) is 11.6 Å². The smallest absolute Gasteiger partial charge is 0.149 e. The van der Waals surface area contributed by atoms with Crippen LogP contribution in [0.4, 0.5) is 8.78 Å². The van der Waals surface area contributed by atoms with Crippen molar-refractivity contribution in [3.8, 4) is 0 Å². The van der Waals surface area contributed by atoms with Crippen molar-refractivity contribution in [1.29, 1.82) is 0 Å². The molecule has 0 amide bonds. The largest absolute Gasteiger partial charge is 0.309 e. The highest BCUT2D eigenvalue weighted by Gasteiger charge is 2.20. The third-order valence-electron chi connectivity index (χ3n) is 2.23. The van der Waals surface area contributed by atoms with E-state index in [9.17, 15) is 8.78 Å². The molecule has 1 aliphatic heterocycles. The van der Waals surface area contributed by atoms with E-state index in [0.29, 0.717) is 5.69 Å². The lowest BCUT2D eigenvalue weighted by atomic mass is 10.1. The molecule has 2 heterocycles. The van der Waals surface area contributed by atoms with E-state index in [1.807, 2.05) is 0 Å². The Labute approximate surface area is 87.1 Å². The van der Waals surface area contributed by atoms with Crippen molar-refractivity contribution in [2.45, 2.75) is 18.9 Å². The molecule has 1 aromatic heterocycles. The zero-order valence-corrected chi connectivity index (χ0v) is 8.28. The van der Waals surface area contributed by atoms with E-state index in [1.165, 1.54) is 0 Å². The first-order valence-electron chi connectivity index (χ1n) is 4.31. The number of halogens is 3. The minimum Gasteiger partial charge on any atom is -0.309 e. The van der Waals surface area contributed by atoms with Crippen LogP contribution in [0.2, 0.25) is 0 Å². The molecule has 1 unspecified atom stereocenters. The van der Waals surface area contributed by atoms with Crippen molar-refractivity contribution in [3.63, 3.8) is 0 Å². The van der Waals surface area contributed by atoms with E-state index in [4.69, 9.17) is 0 Å². The van der Waals surface area contributed by atoms with Gasteiger partial charge in [0.2, 0.25) is 0 Å². The first-order chi connectivity index (χ1) is 6.27. The van der Waals surface area contributed by atoms with Crippen LogP contribution in [0.15, 0.2) is 12.3 Å². The molecule has 1 aliphatic rings. The zero-order valence-electron chi connectivity index (χ0n) is 7.46. The molecule has 14 heavy (non-hydrogen) atoms. The zero-order chi connectivity index (χ0) is 9.26. The van der Waals surface area contributed by atoms with E-state index in [0.717, 1.165) is 31.6 Å². The minimum absolute atomic E-state index is 0. The molecule has 78 valence electrons. The lowest BCUT2D eigenvalue weighted by Gasteiger charge is -2.09. The van der Waals surface area contributed by atoms with Crippen LogP contribution in [0.1, 0.15) is 24.6 Å². The van der Waals surface area contributed by atoms with Gasteiger partial charge in [0.25, 0.3) is 0 Å². The van der Waals surface area contributed by atoms with Crippen LogP contribution in [0.25, 0.3) is 0 Å². The van der Waals surface area contributed by atoms with Gasteiger partial charge in [-0.2, -0.15) is 0 Å². The Bertz CT molecular complexity index is 314. The van der Waals surface area contributed by atoms with Gasteiger partial charge in [-0.15, -0.1) is 12.4 Å². The van der Waals surface area contributed by atoms with Crippen LogP contribution in [-0.2, 0) is 0 Å². The highest BCUT2D eigenvalue weighted by atomic mass is 35.5. The molecule has 0 aliphatic carbocycles. The van der Waals surface area contributed by atoms with Gasteiger partial charge in [-0.25, -0.2) is 8.78 Å². The van der Waals surface area contributed by atoms with Crippen LogP contribution in [0.5, 0.6) is 0 Å². The first-order valence-corrected chi connectivity index (χ1v) is 4.31. The molecule has 2 nitrogen and oxygen atoms in total. The van der Waals surface area contributed by atoms with Gasteiger partial charge < -0.3 is 5.32 Å². The fourth-order valence-electron chi connectivity index (χ4n) is 1.60. The monoisotopic (exact) mass is 220 g/mol. The molecule has 2 rings (SSSR count). The van der Waals surface area contributed by atoms with Gasteiger partial charge in [0.15, 0.2) is 0 Å². The maximum Gasteiger partial charge on any atom is 0.149 e. The molecule has 1 saturated heterocycles. The van der Waals surface area contributed by atoms with Gasteiger partial charge in [0.1, 0.15) is 11.6 Å². The maximum absolute atomic E-state index is 13.2. The summed E-state index contributed by atoms with van der Waals surface area (Å²) in [5, 5.41) is 3.11. The molecule has 1 aromatic rings. The highest BCUT2D eigenvalue weighted by Crippen LogP contribution is 2.23. The fraction of sp³-hybridized carbons (Fsp3) is 0.444. The summed E-state index contributed by atoms with van der Waals surface area (Å²) in [6.07, 6.45) is 2.94. The summed E-state index contributed by atoms with van der Waals surface area (Å²) in [7, 11) is 0. The van der Waals surface area contributed by atoms with Gasteiger partial charge in [-0.1, -0.05) is 0 Å². The summed E-state index contributed by atoms with van der Waals surface area (Å²) in [4.78, 5) is 3.75. The Hall–Kier alpha value is -0.740. The summed E-state index contributed by atoms with van der Waals surface area (Å²) in [6, 6.07) is 0.836. The molecule has 0 spiro atoms. The van der Waals surface area contributed by atoms with Crippen molar-refractivity contribution < 1.29 is 8.78 Å². The molecule has 0 radical (unpaired) electrons. The summed E-state index contributed by atoms with van der Waals surface area (Å²) >= 11 is 0. The average Bonchev–Trinajstić information content (AvgIpc) is 2.56. The van der Waals surface area contributed by atoms with Crippen molar-refractivity contribution in [1.82, 2.24) is 10.3 Å². The molecule has 1 N–H and O–H groups in total. The second-order valence-corrected chi connectivity index (χ2v) is 3.17. The molecule has 0 saturated carbocycles. The Morgan fingerprint density at radius 2 is 2.21 bits per heavy atom. The topological polar surface area (TPSA) is 24.9 Å². The third-order valence-corrected chi connectivity index (χ3v) is 2.23. The lowest BCUT2D eigenvalue weighted by molar-refractivity contribution is 0.520. The number of pyridine rings is 1. The minimum atomic E-state index is -0.626. The molecular formula is C9H11ClF2N2. The molecule has 0 aromatic carbocycles. The normalized spacial score (nSPS) is 20.6. The summed E-state index contributed by atoms with van der Waals surface area (Å²) in [6.45, 7) is 0.878. The van der Waals surface area contributed by atoms with E-state index >= 15 is 0 Å². The van der Waals surface area contributed by atoms with E-state index in [2.05, 4.69) is 10.3 Å². The van der Waals surface area contributed by atoms with Crippen LogP contribution >= 0.6 is 12.4 Å². The summed E-state index contributed by atoms with van der Waals surface area (Å²) in [5.41, 5.74) is 0.332. The maximum atomic E-state index is 13.2. The SMILES string of the molecule is Cl.Fc1cnc(C2CCCN2)c(F)c1. The van der Waals surface area contributed by atoms with Crippen molar-refractivity contribution in [3.05, 3.63) is 29.6 Å². The molecule has 1 fully saturated rings. The quantitative estimate of drug-likeness (QED) is 0.785. The van der Waals surface area contributed by atoms with Crippen molar-refractivity contribution in [2.75, 3.05) is 6.54 Å². The predicted octanol–water partition coefficient (Wildman–Crippen LogP) is 2.21. The standard InChI is InChI=1S/C9H10F2N2.ClH/c10-6-4-7(11)9(13-5-6)8-2-1-3-12-8;/h4-5,8,12H,1-3H2;1H. The van der Waals surface area contributed by atoms with Crippen LogP contribution in [-0.4, -0.2) is 11.5 Å². The number of aromatic nitrogens is 1. The second kappa shape index (κ2) is 4.66. The first kappa shape index (κ1) is 11.3. The molecule has 0 bridgehead atoms. The third kappa shape index (κ3) is 2.19. The highest BCUT2D eigenvalue weighted by molar-refractivity contribution is 5.85. The van der Waals surface area contributed by atoms with Crippen molar-refractivity contribution >= 4 is 12.4 Å². The Morgan fingerprint density at radius 3 is 2.79 bits per heavy atom. The number of rotatable bonds is 1. The number of hydrogen-bond acceptors (Lipinski definition) is 2. The number of nitrogens with one attached hydrogen (secondary N) is 1. The predicted molar refractivity (Wildman–Crippen MR) is 51.4 cm³/mol. The summed E-state index contributed by atoms with van der Waals surface area (Å²) in [5.74, 6) is -1.18. The van der Waals surface area contributed by atoms with Gasteiger partial charge >= 0.3 is 0 Å². The molecule has 5 heteroatoms. The Morgan fingerprint density at radius 1 is 1.43 bits per heavy atom. The average molecular weight is 221 g/mol. The lowest BCUT2D eigenvalue weighted by Crippen LogP contribution is -2.15. The van der Waals surface area contributed by atoms with Crippen LogP contribution < -0.4 is 5.32 Å². The van der Waals surface area contributed by atoms with E-state index in [1.54, 1.807) is 0 Å². The van der Waals surface area contributed by atoms with Gasteiger partial charge in [0, 0.05) is 6.07 Å². The number of hydrogen-bond donors (Lipinski definition) is 1.